The first kappa shape index (κ1) is 18.6. The van der Waals surface area contributed by atoms with E-state index in [2.05, 4.69) is 4.98 Å². The van der Waals surface area contributed by atoms with Crippen molar-refractivity contribution in [2.45, 2.75) is 19.9 Å². The van der Waals surface area contributed by atoms with Crippen molar-refractivity contribution in [3.63, 3.8) is 0 Å². The first-order valence-electron chi connectivity index (χ1n) is 9.32. The molecule has 1 aliphatic heterocycles. The minimum atomic E-state index is -0.716. The van der Waals surface area contributed by atoms with Gasteiger partial charge in [0.05, 0.1) is 11.6 Å². The molecule has 1 fully saturated rings. The molecule has 0 radical (unpaired) electrons. The number of hydrogen-bond donors (Lipinski definition) is 1. The van der Waals surface area contributed by atoms with E-state index >= 15 is 0 Å². The smallest absolute Gasteiger partial charge is 0.300 e. The van der Waals surface area contributed by atoms with Gasteiger partial charge in [0.1, 0.15) is 5.76 Å². The molecule has 29 heavy (non-hydrogen) atoms. The molecule has 4 rings (SSSR count). The molecule has 5 nitrogen and oxygen atoms in total. The van der Waals surface area contributed by atoms with Crippen LogP contribution >= 0.6 is 0 Å². The van der Waals surface area contributed by atoms with Crippen LogP contribution in [-0.2, 0) is 9.59 Å². The van der Waals surface area contributed by atoms with E-state index in [1.807, 2.05) is 62.4 Å². The molecule has 1 aromatic heterocycles. The lowest BCUT2D eigenvalue weighted by Gasteiger charge is -2.26. The summed E-state index contributed by atoms with van der Waals surface area (Å²) in [6.45, 7) is 3.89. The van der Waals surface area contributed by atoms with Crippen molar-refractivity contribution < 1.29 is 14.7 Å². The van der Waals surface area contributed by atoms with Crippen LogP contribution in [0.3, 0.4) is 0 Å². The first-order valence-corrected chi connectivity index (χ1v) is 9.32. The topological polar surface area (TPSA) is 70.5 Å². The Bertz CT molecular complexity index is 1120. The molecule has 1 saturated heterocycles. The highest BCUT2D eigenvalue weighted by molar-refractivity contribution is 6.51. The molecule has 0 spiro atoms. The summed E-state index contributed by atoms with van der Waals surface area (Å²) in [5.74, 6) is -1.56. The fourth-order valence-corrected chi connectivity index (χ4v) is 3.66. The molecule has 1 N–H and O–H groups in total. The zero-order valence-corrected chi connectivity index (χ0v) is 16.2. The zero-order valence-electron chi connectivity index (χ0n) is 16.2. The van der Waals surface area contributed by atoms with Gasteiger partial charge in [0.15, 0.2) is 0 Å². The normalized spacial score (nSPS) is 18.3. The van der Waals surface area contributed by atoms with Crippen LogP contribution in [-0.4, -0.2) is 21.8 Å². The van der Waals surface area contributed by atoms with Crippen molar-refractivity contribution in [1.82, 2.24) is 4.98 Å². The summed E-state index contributed by atoms with van der Waals surface area (Å²) in [4.78, 5) is 31.5. The third-order valence-corrected chi connectivity index (χ3v) is 5.19. The summed E-state index contributed by atoms with van der Waals surface area (Å²) in [6, 6.07) is 17.5. The molecule has 0 saturated carbocycles. The molecule has 1 unspecified atom stereocenters. The lowest BCUT2D eigenvalue weighted by Crippen LogP contribution is -2.29. The molecule has 0 aliphatic carbocycles. The Labute approximate surface area is 169 Å². The number of carbonyl (C=O) groups excluding carboxylic acids is 2. The van der Waals surface area contributed by atoms with Gasteiger partial charge in [0.25, 0.3) is 11.7 Å². The summed E-state index contributed by atoms with van der Waals surface area (Å²) in [7, 11) is 0. The number of hydrogen-bond acceptors (Lipinski definition) is 4. The lowest BCUT2D eigenvalue weighted by molar-refractivity contribution is -0.132. The molecule has 1 aliphatic rings. The largest absolute Gasteiger partial charge is 0.507 e. The monoisotopic (exact) mass is 384 g/mol. The van der Waals surface area contributed by atoms with Gasteiger partial charge in [0, 0.05) is 23.6 Å². The number of aliphatic hydroxyl groups is 1. The summed E-state index contributed by atoms with van der Waals surface area (Å²) >= 11 is 0. The molecule has 1 atom stereocenters. The summed E-state index contributed by atoms with van der Waals surface area (Å²) < 4.78 is 0. The number of aromatic nitrogens is 1. The molecule has 144 valence electrons. The third kappa shape index (κ3) is 3.21. The summed E-state index contributed by atoms with van der Waals surface area (Å²) in [6.07, 6.45) is 3.07. The molecule has 2 heterocycles. The number of pyridine rings is 1. The maximum Gasteiger partial charge on any atom is 0.300 e. The Hall–Kier alpha value is -3.73. The van der Waals surface area contributed by atoms with Crippen LogP contribution in [0.15, 0.2) is 78.6 Å². The molecule has 2 aromatic carbocycles. The number of benzene rings is 2. The van der Waals surface area contributed by atoms with Crippen LogP contribution in [0.25, 0.3) is 5.76 Å². The summed E-state index contributed by atoms with van der Waals surface area (Å²) in [5.41, 5.74) is 3.91. The quantitative estimate of drug-likeness (QED) is 0.415. The van der Waals surface area contributed by atoms with Gasteiger partial charge in [-0.3, -0.25) is 19.5 Å². The fraction of sp³-hybridized carbons (Fsp3) is 0.125. The maximum absolute atomic E-state index is 13.1. The van der Waals surface area contributed by atoms with Crippen LogP contribution in [0.4, 0.5) is 5.69 Å². The number of Topliss-reactive ketones (excluding diaryl/α,β-unsaturated/α-hetero) is 1. The Morgan fingerprint density at radius 1 is 0.931 bits per heavy atom. The third-order valence-electron chi connectivity index (χ3n) is 5.19. The minimum Gasteiger partial charge on any atom is -0.507 e. The first-order chi connectivity index (χ1) is 14.0. The molecule has 1 amide bonds. The van der Waals surface area contributed by atoms with Gasteiger partial charge in [-0.15, -0.1) is 0 Å². The number of anilines is 1. The van der Waals surface area contributed by atoms with Gasteiger partial charge >= 0.3 is 0 Å². The highest BCUT2D eigenvalue weighted by atomic mass is 16.3. The van der Waals surface area contributed by atoms with Crippen LogP contribution in [0, 0.1) is 13.8 Å². The van der Waals surface area contributed by atoms with Crippen LogP contribution < -0.4 is 4.90 Å². The van der Waals surface area contributed by atoms with E-state index in [1.165, 1.54) is 17.3 Å². The van der Waals surface area contributed by atoms with E-state index in [1.54, 1.807) is 12.1 Å². The number of aliphatic hydroxyl groups excluding tert-OH is 1. The standard InChI is InChI=1S/C24H20N2O3/c1-15-7-9-18(10-8-15)26-21(19-6-4-3-5-16(19)2)20(23(28)24(26)29)22(27)17-11-13-25-14-12-17/h3-14,21,27H,1-2H3/b22-20-. The minimum absolute atomic E-state index is 0.0797. The predicted octanol–water partition coefficient (Wildman–Crippen LogP) is 4.32. The predicted molar refractivity (Wildman–Crippen MR) is 111 cm³/mol. The second-order valence-electron chi connectivity index (χ2n) is 7.10. The molecular formula is C24H20N2O3. The average Bonchev–Trinajstić information content (AvgIpc) is 3.00. The number of ketones is 1. The highest BCUT2D eigenvalue weighted by Crippen LogP contribution is 2.42. The number of nitrogens with zero attached hydrogens (tertiary/aromatic N) is 2. The van der Waals surface area contributed by atoms with Gasteiger partial charge in [-0.25, -0.2) is 0 Å². The Balaban J connectivity index is 1.97. The average molecular weight is 384 g/mol. The van der Waals surface area contributed by atoms with Gasteiger partial charge in [0.2, 0.25) is 0 Å². The molecule has 5 heteroatoms. The van der Waals surface area contributed by atoms with E-state index in [9.17, 15) is 14.7 Å². The van der Waals surface area contributed by atoms with Gasteiger partial charge in [-0.1, -0.05) is 42.0 Å². The van der Waals surface area contributed by atoms with Crippen molar-refractivity contribution in [2.24, 2.45) is 0 Å². The van der Waals surface area contributed by atoms with Crippen LogP contribution in [0.1, 0.15) is 28.3 Å². The molecule has 3 aromatic rings. The summed E-state index contributed by atoms with van der Waals surface area (Å²) in [5, 5.41) is 11.0. The van der Waals surface area contributed by atoms with Gasteiger partial charge in [-0.05, 0) is 49.2 Å². The van der Waals surface area contributed by atoms with E-state index in [0.717, 1.165) is 16.7 Å². The van der Waals surface area contributed by atoms with E-state index in [-0.39, 0.29) is 11.3 Å². The fourth-order valence-electron chi connectivity index (χ4n) is 3.66. The van der Waals surface area contributed by atoms with E-state index in [0.29, 0.717) is 11.3 Å². The molecular weight excluding hydrogens is 364 g/mol. The van der Waals surface area contributed by atoms with Crippen molar-refractivity contribution >= 4 is 23.1 Å². The lowest BCUT2D eigenvalue weighted by atomic mass is 9.92. The van der Waals surface area contributed by atoms with E-state index < -0.39 is 17.7 Å². The second kappa shape index (κ2) is 7.36. The van der Waals surface area contributed by atoms with Crippen molar-refractivity contribution in [3.8, 4) is 0 Å². The number of aryl methyl sites for hydroxylation is 2. The second-order valence-corrected chi connectivity index (χ2v) is 7.10. The number of rotatable bonds is 3. The zero-order chi connectivity index (χ0) is 20.5. The van der Waals surface area contributed by atoms with Crippen LogP contribution in [0.2, 0.25) is 0 Å². The van der Waals surface area contributed by atoms with E-state index in [4.69, 9.17) is 0 Å². The molecule has 0 bridgehead atoms. The number of carbonyl (C=O) groups is 2. The Kier molecular flexibility index (Phi) is 4.72. The Morgan fingerprint density at radius 2 is 1.59 bits per heavy atom. The van der Waals surface area contributed by atoms with Gasteiger partial charge < -0.3 is 5.11 Å². The van der Waals surface area contributed by atoms with Gasteiger partial charge in [-0.2, -0.15) is 0 Å². The maximum atomic E-state index is 13.1. The number of amides is 1. The highest BCUT2D eigenvalue weighted by Gasteiger charge is 2.47. The van der Waals surface area contributed by atoms with Crippen LogP contribution in [0.5, 0.6) is 0 Å². The van der Waals surface area contributed by atoms with Crippen molar-refractivity contribution in [2.75, 3.05) is 4.90 Å². The van der Waals surface area contributed by atoms with Crippen molar-refractivity contribution in [1.29, 1.82) is 0 Å². The Morgan fingerprint density at radius 3 is 2.24 bits per heavy atom. The van der Waals surface area contributed by atoms with Crippen molar-refractivity contribution in [3.05, 3.63) is 101 Å². The SMILES string of the molecule is Cc1ccc(N2C(=O)C(=O)/C(=C(\O)c3ccncc3)C2c2ccccc2C)cc1.